The second-order valence-electron chi connectivity index (χ2n) is 5.33. The van der Waals surface area contributed by atoms with E-state index in [0.29, 0.717) is 6.04 Å². The third-order valence-corrected chi connectivity index (χ3v) is 3.64. The van der Waals surface area contributed by atoms with Gasteiger partial charge in [-0.3, -0.25) is 4.98 Å². The number of hydrogen-bond acceptors (Lipinski definition) is 3. The summed E-state index contributed by atoms with van der Waals surface area (Å²) in [5.74, 6) is 0.919. The normalized spacial score (nSPS) is 17.1. The Morgan fingerprint density at radius 2 is 2.28 bits per heavy atom. The third kappa shape index (κ3) is 4.39. The van der Waals surface area contributed by atoms with E-state index in [9.17, 15) is 0 Å². The fraction of sp³-hybridized carbons (Fsp3) is 0.667. The molecule has 1 atom stereocenters. The second kappa shape index (κ2) is 6.86. The number of aromatic nitrogens is 1. The minimum Gasteiger partial charge on any atom is -0.313 e. The Morgan fingerprint density at radius 1 is 1.44 bits per heavy atom. The Hall–Kier alpha value is -0.930. The van der Waals surface area contributed by atoms with Gasteiger partial charge in [0.1, 0.15) is 0 Å². The van der Waals surface area contributed by atoms with Crippen LogP contribution in [-0.2, 0) is 6.42 Å². The van der Waals surface area contributed by atoms with Gasteiger partial charge in [0.2, 0.25) is 0 Å². The Labute approximate surface area is 111 Å². The molecule has 1 aromatic heterocycles. The van der Waals surface area contributed by atoms with Crippen LogP contribution in [0.3, 0.4) is 0 Å². The number of rotatable bonds is 8. The molecule has 0 radical (unpaired) electrons. The molecule has 1 aromatic rings. The van der Waals surface area contributed by atoms with Gasteiger partial charge in [-0.05, 0) is 44.5 Å². The highest BCUT2D eigenvalue weighted by molar-refractivity contribution is 5.03. The SMILES string of the molecule is CCNC(CN(C)CCc1ccccn1)C1CC1. The highest BCUT2D eigenvalue weighted by Crippen LogP contribution is 2.32. The van der Waals surface area contributed by atoms with Crippen LogP contribution in [0.5, 0.6) is 0 Å². The Balaban J connectivity index is 1.72. The number of hydrogen-bond donors (Lipinski definition) is 1. The molecule has 3 nitrogen and oxygen atoms in total. The fourth-order valence-electron chi connectivity index (χ4n) is 2.42. The molecule has 1 aliphatic carbocycles. The van der Waals surface area contributed by atoms with E-state index >= 15 is 0 Å². The zero-order chi connectivity index (χ0) is 12.8. The van der Waals surface area contributed by atoms with Crippen LogP contribution in [0.4, 0.5) is 0 Å². The number of likely N-dealkylation sites (N-methyl/N-ethyl adjacent to an activating group) is 2. The van der Waals surface area contributed by atoms with Crippen LogP contribution in [-0.4, -0.2) is 42.6 Å². The summed E-state index contributed by atoms with van der Waals surface area (Å²) in [6, 6.07) is 6.83. The van der Waals surface area contributed by atoms with Crippen LogP contribution in [0.15, 0.2) is 24.4 Å². The van der Waals surface area contributed by atoms with Crippen molar-refractivity contribution in [2.24, 2.45) is 5.92 Å². The van der Waals surface area contributed by atoms with Crippen LogP contribution in [0, 0.1) is 5.92 Å². The molecule has 0 bridgehead atoms. The van der Waals surface area contributed by atoms with Crippen LogP contribution in [0.2, 0.25) is 0 Å². The van der Waals surface area contributed by atoms with E-state index in [4.69, 9.17) is 0 Å². The predicted octanol–water partition coefficient (Wildman–Crippen LogP) is 1.94. The van der Waals surface area contributed by atoms with Crippen molar-refractivity contribution in [1.29, 1.82) is 0 Å². The lowest BCUT2D eigenvalue weighted by atomic mass is 10.1. The van der Waals surface area contributed by atoms with Crippen LogP contribution in [0.1, 0.15) is 25.5 Å². The summed E-state index contributed by atoms with van der Waals surface area (Å²) in [5.41, 5.74) is 1.19. The zero-order valence-electron chi connectivity index (χ0n) is 11.6. The smallest absolute Gasteiger partial charge is 0.0416 e. The number of nitrogens with zero attached hydrogens (tertiary/aromatic N) is 2. The van der Waals surface area contributed by atoms with Crippen molar-refractivity contribution >= 4 is 0 Å². The number of pyridine rings is 1. The van der Waals surface area contributed by atoms with E-state index in [2.05, 4.69) is 41.3 Å². The molecular weight excluding hydrogens is 222 g/mol. The molecule has 1 saturated carbocycles. The summed E-state index contributed by atoms with van der Waals surface area (Å²) in [6.07, 6.45) is 5.74. The van der Waals surface area contributed by atoms with Crippen molar-refractivity contribution in [1.82, 2.24) is 15.2 Å². The molecule has 18 heavy (non-hydrogen) atoms. The average molecular weight is 247 g/mol. The number of nitrogens with one attached hydrogen (secondary N) is 1. The molecule has 0 amide bonds. The van der Waals surface area contributed by atoms with Gasteiger partial charge in [0.05, 0.1) is 0 Å². The summed E-state index contributed by atoms with van der Waals surface area (Å²) in [5, 5.41) is 3.62. The highest BCUT2D eigenvalue weighted by atomic mass is 15.1. The molecule has 0 saturated heterocycles. The van der Waals surface area contributed by atoms with Crippen molar-refractivity contribution in [2.45, 2.75) is 32.2 Å². The summed E-state index contributed by atoms with van der Waals surface area (Å²) in [4.78, 5) is 6.80. The first-order chi connectivity index (χ1) is 8.79. The van der Waals surface area contributed by atoms with Crippen molar-refractivity contribution in [3.05, 3.63) is 30.1 Å². The lowest BCUT2D eigenvalue weighted by Crippen LogP contribution is -2.41. The van der Waals surface area contributed by atoms with Gasteiger partial charge in [-0.25, -0.2) is 0 Å². The van der Waals surface area contributed by atoms with Gasteiger partial charge in [0.15, 0.2) is 0 Å². The Bertz CT molecular complexity index is 335. The molecule has 1 N–H and O–H groups in total. The van der Waals surface area contributed by atoms with Crippen LogP contribution >= 0.6 is 0 Å². The summed E-state index contributed by atoms with van der Waals surface area (Å²) >= 11 is 0. The second-order valence-corrected chi connectivity index (χ2v) is 5.33. The van der Waals surface area contributed by atoms with Crippen molar-refractivity contribution in [3.63, 3.8) is 0 Å². The highest BCUT2D eigenvalue weighted by Gasteiger charge is 2.30. The maximum Gasteiger partial charge on any atom is 0.0416 e. The van der Waals surface area contributed by atoms with Gasteiger partial charge in [-0.15, -0.1) is 0 Å². The minimum absolute atomic E-state index is 0.684. The summed E-state index contributed by atoms with van der Waals surface area (Å²) in [6.45, 7) is 5.52. The third-order valence-electron chi connectivity index (χ3n) is 3.64. The van der Waals surface area contributed by atoms with Gasteiger partial charge in [0, 0.05) is 37.4 Å². The molecule has 1 heterocycles. The Morgan fingerprint density at radius 3 is 2.89 bits per heavy atom. The van der Waals surface area contributed by atoms with E-state index < -0.39 is 0 Å². The van der Waals surface area contributed by atoms with Gasteiger partial charge < -0.3 is 10.2 Å². The van der Waals surface area contributed by atoms with Crippen LogP contribution < -0.4 is 5.32 Å². The monoisotopic (exact) mass is 247 g/mol. The summed E-state index contributed by atoms with van der Waals surface area (Å²) in [7, 11) is 2.22. The van der Waals surface area contributed by atoms with Gasteiger partial charge in [-0.1, -0.05) is 13.0 Å². The first kappa shape index (κ1) is 13.5. The standard InChI is InChI=1S/C15H25N3/c1-3-16-15(13-7-8-13)12-18(2)11-9-14-6-4-5-10-17-14/h4-6,10,13,15-16H,3,7-9,11-12H2,1-2H3. The van der Waals surface area contributed by atoms with E-state index in [1.54, 1.807) is 0 Å². The summed E-state index contributed by atoms with van der Waals surface area (Å²) < 4.78 is 0. The minimum atomic E-state index is 0.684. The molecule has 0 aromatic carbocycles. The average Bonchev–Trinajstić information content (AvgIpc) is 3.21. The molecule has 0 spiro atoms. The molecular formula is C15H25N3. The van der Waals surface area contributed by atoms with E-state index in [1.807, 2.05) is 12.3 Å². The van der Waals surface area contributed by atoms with Gasteiger partial charge in [0.25, 0.3) is 0 Å². The van der Waals surface area contributed by atoms with E-state index in [-0.39, 0.29) is 0 Å². The largest absolute Gasteiger partial charge is 0.313 e. The lowest BCUT2D eigenvalue weighted by molar-refractivity contribution is 0.277. The maximum atomic E-state index is 4.37. The molecule has 100 valence electrons. The fourth-order valence-corrected chi connectivity index (χ4v) is 2.42. The first-order valence-corrected chi connectivity index (χ1v) is 7.11. The molecule has 2 rings (SSSR count). The Kier molecular flexibility index (Phi) is 5.14. The lowest BCUT2D eigenvalue weighted by Gasteiger charge is -2.24. The van der Waals surface area contributed by atoms with Gasteiger partial charge >= 0.3 is 0 Å². The topological polar surface area (TPSA) is 28.2 Å². The molecule has 3 heteroatoms. The molecule has 1 unspecified atom stereocenters. The molecule has 0 aliphatic heterocycles. The van der Waals surface area contributed by atoms with E-state index in [0.717, 1.165) is 32.0 Å². The van der Waals surface area contributed by atoms with Crippen molar-refractivity contribution in [2.75, 3.05) is 26.7 Å². The molecule has 1 fully saturated rings. The maximum absolute atomic E-state index is 4.37. The zero-order valence-corrected chi connectivity index (χ0v) is 11.6. The van der Waals surface area contributed by atoms with Gasteiger partial charge in [-0.2, -0.15) is 0 Å². The first-order valence-electron chi connectivity index (χ1n) is 7.11. The van der Waals surface area contributed by atoms with E-state index in [1.165, 1.54) is 18.5 Å². The predicted molar refractivity (Wildman–Crippen MR) is 75.6 cm³/mol. The van der Waals surface area contributed by atoms with Crippen LogP contribution in [0.25, 0.3) is 0 Å². The molecule has 1 aliphatic rings. The van der Waals surface area contributed by atoms with Crippen molar-refractivity contribution < 1.29 is 0 Å². The quantitative estimate of drug-likeness (QED) is 0.761. The van der Waals surface area contributed by atoms with Crippen molar-refractivity contribution in [3.8, 4) is 0 Å².